The maximum absolute atomic E-state index is 5.92. The first-order chi connectivity index (χ1) is 13.2. The second kappa shape index (κ2) is 10.1. The number of rotatable bonds is 7. The van der Waals surface area contributed by atoms with Gasteiger partial charge >= 0.3 is 0 Å². The van der Waals surface area contributed by atoms with Crippen LogP contribution in [0.1, 0.15) is 22.6 Å². The quantitative estimate of drug-likeness (QED) is 0.540. The summed E-state index contributed by atoms with van der Waals surface area (Å²) in [7, 11) is 0. The van der Waals surface area contributed by atoms with Gasteiger partial charge in [-0.15, -0.1) is 0 Å². The predicted molar refractivity (Wildman–Crippen MR) is 118 cm³/mol. The molecule has 0 unspecified atom stereocenters. The number of benzene rings is 3. The second-order valence-electron chi connectivity index (χ2n) is 6.39. The van der Waals surface area contributed by atoms with E-state index in [4.69, 9.17) is 23.8 Å². The van der Waals surface area contributed by atoms with Crippen LogP contribution in [0.3, 0.4) is 0 Å². The fourth-order valence-corrected chi connectivity index (χ4v) is 3.34. The number of nitrogens with one attached hydrogen (secondary N) is 2. The molecule has 0 saturated carbocycles. The van der Waals surface area contributed by atoms with Gasteiger partial charge in [0, 0.05) is 24.0 Å². The van der Waals surface area contributed by atoms with Gasteiger partial charge in [-0.1, -0.05) is 84.4 Å². The molecular formula is C23H23ClN2S. The first-order valence-corrected chi connectivity index (χ1v) is 9.87. The van der Waals surface area contributed by atoms with Crippen LogP contribution in [0.2, 0.25) is 5.02 Å². The van der Waals surface area contributed by atoms with Crippen molar-refractivity contribution in [2.75, 3.05) is 13.1 Å². The van der Waals surface area contributed by atoms with Crippen LogP contribution in [-0.2, 0) is 6.42 Å². The Morgan fingerprint density at radius 3 is 1.89 bits per heavy atom. The Hall–Kier alpha value is -2.36. The molecule has 0 aliphatic heterocycles. The van der Waals surface area contributed by atoms with Gasteiger partial charge in [-0.25, -0.2) is 0 Å². The summed E-state index contributed by atoms with van der Waals surface area (Å²) in [6.07, 6.45) is 0.903. The summed E-state index contributed by atoms with van der Waals surface area (Å²) in [6, 6.07) is 29.0. The van der Waals surface area contributed by atoms with Crippen molar-refractivity contribution in [3.8, 4) is 0 Å². The van der Waals surface area contributed by atoms with Crippen LogP contribution >= 0.6 is 23.8 Å². The van der Waals surface area contributed by atoms with Gasteiger partial charge in [0.2, 0.25) is 0 Å². The molecule has 3 aromatic carbocycles. The maximum Gasteiger partial charge on any atom is 0.166 e. The van der Waals surface area contributed by atoms with Crippen molar-refractivity contribution in [1.82, 2.24) is 10.6 Å². The lowest BCUT2D eigenvalue weighted by Gasteiger charge is -2.20. The predicted octanol–water partition coefficient (Wildman–Crippen LogP) is 5.18. The van der Waals surface area contributed by atoms with Crippen molar-refractivity contribution in [1.29, 1.82) is 0 Å². The minimum atomic E-state index is 0.253. The van der Waals surface area contributed by atoms with Crippen LogP contribution in [0.5, 0.6) is 0 Å². The van der Waals surface area contributed by atoms with Gasteiger partial charge in [0.25, 0.3) is 0 Å². The highest BCUT2D eigenvalue weighted by atomic mass is 35.5. The molecule has 27 heavy (non-hydrogen) atoms. The summed E-state index contributed by atoms with van der Waals surface area (Å²) in [5.74, 6) is 0.253. The highest BCUT2D eigenvalue weighted by Crippen LogP contribution is 2.23. The van der Waals surface area contributed by atoms with Crippen LogP contribution in [0.25, 0.3) is 0 Å². The van der Waals surface area contributed by atoms with Crippen molar-refractivity contribution >= 4 is 28.9 Å². The molecule has 0 fully saturated rings. The third kappa shape index (κ3) is 6.09. The topological polar surface area (TPSA) is 24.1 Å². The van der Waals surface area contributed by atoms with Crippen molar-refractivity contribution in [2.24, 2.45) is 0 Å². The smallest absolute Gasteiger partial charge is 0.166 e. The van der Waals surface area contributed by atoms with Crippen LogP contribution in [0.15, 0.2) is 84.9 Å². The highest BCUT2D eigenvalue weighted by Gasteiger charge is 2.14. The van der Waals surface area contributed by atoms with Gasteiger partial charge in [0.05, 0.1) is 0 Å². The molecule has 0 heterocycles. The van der Waals surface area contributed by atoms with Gasteiger partial charge in [0.1, 0.15) is 0 Å². The Balaban J connectivity index is 1.54. The van der Waals surface area contributed by atoms with E-state index in [1.807, 2.05) is 36.4 Å². The largest absolute Gasteiger partial charge is 0.362 e. The number of halogens is 1. The highest BCUT2D eigenvalue weighted by molar-refractivity contribution is 7.80. The minimum absolute atomic E-state index is 0.253. The Kier molecular flexibility index (Phi) is 7.26. The van der Waals surface area contributed by atoms with E-state index >= 15 is 0 Å². The molecule has 0 aliphatic carbocycles. The molecular weight excluding hydrogens is 372 g/mol. The Labute approximate surface area is 171 Å². The van der Waals surface area contributed by atoms with E-state index < -0.39 is 0 Å². The molecule has 0 saturated heterocycles. The molecule has 2 N–H and O–H groups in total. The molecule has 138 valence electrons. The standard InChI is InChI=1S/C23H23ClN2S/c24-21-13-11-18(12-14-21)15-16-25-23(27)26-17-22(19-7-3-1-4-8-19)20-9-5-2-6-10-20/h1-14,22H,15-17H2,(H2,25,26,27). The van der Waals surface area contributed by atoms with Crippen molar-refractivity contribution < 1.29 is 0 Å². The van der Waals surface area contributed by atoms with Crippen molar-refractivity contribution in [2.45, 2.75) is 12.3 Å². The molecule has 0 aliphatic rings. The van der Waals surface area contributed by atoms with Crippen molar-refractivity contribution in [3.63, 3.8) is 0 Å². The SMILES string of the molecule is S=C(NCCc1ccc(Cl)cc1)NCC(c1ccccc1)c1ccccc1. The monoisotopic (exact) mass is 394 g/mol. The fourth-order valence-electron chi connectivity index (χ4n) is 3.03. The molecule has 0 atom stereocenters. The van der Waals surface area contributed by atoms with Crippen LogP contribution in [0, 0.1) is 0 Å². The molecule has 0 amide bonds. The van der Waals surface area contributed by atoms with E-state index in [1.165, 1.54) is 16.7 Å². The fraction of sp³-hybridized carbons (Fsp3) is 0.174. The lowest BCUT2D eigenvalue weighted by molar-refractivity contribution is 0.737. The minimum Gasteiger partial charge on any atom is -0.362 e. The summed E-state index contributed by atoms with van der Waals surface area (Å²) in [6.45, 7) is 1.54. The summed E-state index contributed by atoms with van der Waals surface area (Å²) in [5.41, 5.74) is 3.79. The zero-order valence-corrected chi connectivity index (χ0v) is 16.6. The molecule has 3 rings (SSSR count). The van der Waals surface area contributed by atoms with E-state index in [9.17, 15) is 0 Å². The van der Waals surface area contributed by atoms with Crippen LogP contribution in [0.4, 0.5) is 0 Å². The molecule has 0 radical (unpaired) electrons. The Morgan fingerprint density at radius 1 is 0.778 bits per heavy atom. The zero-order chi connectivity index (χ0) is 18.9. The van der Waals surface area contributed by atoms with Gasteiger partial charge in [-0.2, -0.15) is 0 Å². The number of thiocarbonyl (C=S) groups is 1. The molecule has 4 heteroatoms. The maximum atomic E-state index is 5.92. The first-order valence-electron chi connectivity index (χ1n) is 9.08. The van der Waals surface area contributed by atoms with E-state index in [1.54, 1.807) is 0 Å². The van der Waals surface area contributed by atoms with Gasteiger partial charge in [0.15, 0.2) is 5.11 Å². The van der Waals surface area contributed by atoms with Crippen LogP contribution in [-0.4, -0.2) is 18.2 Å². The zero-order valence-electron chi connectivity index (χ0n) is 15.1. The van der Waals surface area contributed by atoms with E-state index in [-0.39, 0.29) is 5.92 Å². The van der Waals surface area contributed by atoms with E-state index in [0.717, 1.165) is 24.5 Å². The summed E-state index contributed by atoms with van der Waals surface area (Å²) >= 11 is 11.4. The summed E-state index contributed by atoms with van der Waals surface area (Å²) in [4.78, 5) is 0. The lowest BCUT2D eigenvalue weighted by atomic mass is 9.91. The molecule has 0 aromatic heterocycles. The number of hydrogen-bond acceptors (Lipinski definition) is 1. The molecule has 0 spiro atoms. The van der Waals surface area contributed by atoms with Crippen LogP contribution < -0.4 is 10.6 Å². The molecule has 2 nitrogen and oxygen atoms in total. The molecule has 0 bridgehead atoms. The average Bonchev–Trinajstić information content (AvgIpc) is 2.71. The Morgan fingerprint density at radius 2 is 1.33 bits per heavy atom. The van der Waals surface area contributed by atoms with E-state index in [2.05, 4.69) is 59.2 Å². The summed E-state index contributed by atoms with van der Waals surface area (Å²) < 4.78 is 0. The first kappa shape index (κ1) is 19.4. The third-order valence-electron chi connectivity index (χ3n) is 4.48. The summed E-state index contributed by atoms with van der Waals surface area (Å²) in [5, 5.41) is 8.11. The molecule has 3 aromatic rings. The normalized spacial score (nSPS) is 10.6. The van der Waals surface area contributed by atoms with Gasteiger partial charge in [-0.3, -0.25) is 0 Å². The average molecular weight is 395 g/mol. The van der Waals surface area contributed by atoms with Gasteiger partial charge < -0.3 is 10.6 Å². The second-order valence-corrected chi connectivity index (χ2v) is 7.23. The van der Waals surface area contributed by atoms with Gasteiger partial charge in [-0.05, 0) is 47.5 Å². The lowest BCUT2D eigenvalue weighted by Crippen LogP contribution is -2.38. The van der Waals surface area contributed by atoms with E-state index in [0.29, 0.717) is 5.11 Å². The van der Waals surface area contributed by atoms with Crippen molar-refractivity contribution in [3.05, 3.63) is 107 Å². The third-order valence-corrected chi connectivity index (χ3v) is 5.02. The number of hydrogen-bond donors (Lipinski definition) is 2. The Bertz CT molecular complexity index is 796.